The number of nitrogens with zero attached hydrogens (tertiary/aromatic N) is 1. The molecule has 0 aliphatic rings. The minimum absolute atomic E-state index is 0.102. The quantitative estimate of drug-likeness (QED) is 0.299. The van der Waals surface area contributed by atoms with Crippen molar-refractivity contribution in [1.29, 1.82) is 0 Å². The molecule has 5 N–H and O–H groups in total. The second-order valence-electron chi connectivity index (χ2n) is 5.66. The van der Waals surface area contributed by atoms with Crippen molar-refractivity contribution in [1.82, 2.24) is 9.97 Å². The molecule has 0 saturated carbocycles. The lowest BCUT2D eigenvalue weighted by Crippen LogP contribution is -2.38. The molecule has 0 saturated heterocycles. The van der Waals surface area contributed by atoms with Crippen LogP contribution >= 0.6 is 11.6 Å². The fourth-order valence-electron chi connectivity index (χ4n) is 2.43. The van der Waals surface area contributed by atoms with Gasteiger partial charge in [0.25, 0.3) is 17.4 Å². The van der Waals surface area contributed by atoms with E-state index in [0.717, 1.165) is 11.1 Å². The molecular formula is C18H14ClN5O4. The Morgan fingerprint density at radius 2 is 1.75 bits per heavy atom. The van der Waals surface area contributed by atoms with Gasteiger partial charge < -0.3 is 10.3 Å². The van der Waals surface area contributed by atoms with E-state index in [4.69, 9.17) is 17.4 Å². The minimum Gasteiger partial charge on any atom is -0.320 e. The smallest absolute Gasteiger partial charge is 0.320 e. The highest BCUT2D eigenvalue weighted by molar-refractivity contribution is 6.31. The molecule has 0 aliphatic heterocycles. The second kappa shape index (κ2) is 7.91. The number of hydrogen-bond acceptors (Lipinski definition) is 5. The summed E-state index contributed by atoms with van der Waals surface area (Å²) < 4.78 is 0. The molecule has 3 rings (SSSR count). The Hall–Kier alpha value is -3.69. The predicted molar refractivity (Wildman–Crippen MR) is 105 cm³/mol. The van der Waals surface area contributed by atoms with E-state index in [-0.39, 0.29) is 16.9 Å². The van der Waals surface area contributed by atoms with Gasteiger partial charge in [0.15, 0.2) is 0 Å². The van der Waals surface area contributed by atoms with E-state index in [1.165, 1.54) is 18.2 Å². The third-order valence-corrected chi connectivity index (χ3v) is 3.95. The maximum absolute atomic E-state index is 12.8. The Labute approximate surface area is 162 Å². The van der Waals surface area contributed by atoms with Gasteiger partial charge in [0.1, 0.15) is 5.69 Å². The molecule has 0 atom stereocenters. The Bertz CT molecular complexity index is 1140. The van der Waals surface area contributed by atoms with Crippen LogP contribution in [-0.2, 0) is 0 Å². The van der Waals surface area contributed by atoms with E-state index in [1.807, 2.05) is 4.98 Å². The zero-order valence-corrected chi connectivity index (χ0v) is 15.0. The monoisotopic (exact) mass is 399 g/mol. The highest BCUT2D eigenvalue weighted by Gasteiger charge is 2.20. The van der Waals surface area contributed by atoms with Gasteiger partial charge in [-0.25, -0.2) is 15.6 Å². The summed E-state index contributed by atoms with van der Waals surface area (Å²) >= 11 is 5.93. The average molecular weight is 400 g/mol. The van der Waals surface area contributed by atoms with E-state index in [0.29, 0.717) is 10.7 Å². The molecule has 3 aromatic rings. The van der Waals surface area contributed by atoms with Gasteiger partial charge in [-0.1, -0.05) is 29.8 Å². The number of rotatable bonds is 4. The van der Waals surface area contributed by atoms with Gasteiger partial charge in [0.2, 0.25) is 0 Å². The molecule has 0 fully saturated rings. The van der Waals surface area contributed by atoms with Crippen LogP contribution in [-0.4, -0.2) is 21.8 Å². The van der Waals surface area contributed by atoms with E-state index >= 15 is 0 Å². The molecule has 0 aliphatic carbocycles. The van der Waals surface area contributed by atoms with Crippen molar-refractivity contribution in [3.8, 4) is 0 Å². The third-order valence-electron chi connectivity index (χ3n) is 3.72. The molecule has 0 radical (unpaired) electrons. The summed E-state index contributed by atoms with van der Waals surface area (Å²) in [6, 6.07) is 13.5. The Kier molecular flexibility index (Phi) is 5.39. The standard InChI is InChI=1S/C18H14ClN5O4/c19-10-4-3-5-11(8-10)24(20)17(27)12-6-1-2-7-13(12)21-16(26)14-9-15(25)23-18(28)22-14/h1-9H,20H2,(H,21,26)(H2,22,23,25,28). The Morgan fingerprint density at radius 1 is 1.00 bits per heavy atom. The number of aromatic amines is 2. The number of aromatic nitrogens is 2. The van der Waals surface area contributed by atoms with Crippen molar-refractivity contribution in [3.05, 3.63) is 91.7 Å². The Morgan fingerprint density at radius 3 is 2.46 bits per heavy atom. The molecular weight excluding hydrogens is 386 g/mol. The molecule has 142 valence electrons. The molecule has 0 spiro atoms. The van der Waals surface area contributed by atoms with Crippen LogP contribution in [0.15, 0.2) is 64.2 Å². The van der Waals surface area contributed by atoms with Gasteiger partial charge in [0, 0.05) is 11.1 Å². The summed E-state index contributed by atoms with van der Waals surface area (Å²) in [6.07, 6.45) is 0. The number of benzene rings is 2. The van der Waals surface area contributed by atoms with Gasteiger partial charge in [-0.05, 0) is 30.3 Å². The lowest BCUT2D eigenvalue weighted by atomic mass is 10.1. The normalized spacial score (nSPS) is 10.4. The van der Waals surface area contributed by atoms with Crippen LogP contribution in [0.1, 0.15) is 20.8 Å². The molecule has 1 heterocycles. The second-order valence-corrected chi connectivity index (χ2v) is 6.09. The summed E-state index contributed by atoms with van der Waals surface area (Å²) in [7, 11) is 0. The van der Waals surface area contributed by atoms with E-state index < -0.39 is 23.1 Å². The van der Waals surface area contributed by atoms with Crippen molar-refractivity contribution in [3.63, 3.8) is 0 Å². The van der Waals surface area contributed by atoms with Crippen LogP contribution < -0.4 is 27.4 Å². The number of carbonyl (C=O) groups is 2. The van der Waals surface area contributed by atoms with Crippen molar-refractivity contribution < 1.29 is 9.59 Å². The van der Waals surface area contributed by atoms with Crippen LogP contribution in [0.5, 0.6) is 0 Å². The van der Waals surface area contributed by atoms with E-state index in [2.05, 4.69) is 10.3 Å². The van der Waals surface area contributed by atoms with Crippen molar-refractivity contribution in [2.45, 2.75) is 0 Å². The first-order valence-corrected chi connectivity index (χ1v) is 8.31. The molecule has 2 amide bonds. The van der Waals surface area contributed by atoms with E-state index in [9.17, 15) is 19.2 Å². The lowest BCUT2D eigenvalue weighted by molar-refractivity contribution is 0.0987. The Balaban J connectivity index is 1.90. The summed E-state index contributed by atoms with van der Waals surface area (Å²) in [5, 5.41) is 3.79. The maximum atomic E-state index is 12.8. The molecule has 10 heteroatoms. The van der Waals surface area contributed by atoms with E-state index in [1.54, 1.807) is 30.3 Å². The first-order chi connectivity index (χ1) is 13.3. The zero-order chi connectivity index (χ0) is 20.3. The molecule has 9 nitrogen and oxygen atoms in total. The van der Waals surface area contributed by atoms with Crippen LogP contribution in [0.4, 0.5) is 11.4 Å². The maximum Gasteiger partial charge on any atom is 0.326 e. The number of anilines is 2. The SMILES string of the molecule is NN(C(=O)c1ccccc1NC(=O)c1cc(=O)[nH]c(=O)[nH]1)c1cccc(Cl)c1. The van der Waals surface area contributed by atoms with Crippen molar-refractivity contribution in [2.75, 3.05) is 10.3 Å². The molecule has 1 aromatic heterocycles. The number of nitrogens with one attached hydrogen (secondary N) is 3. The van der Waals surface area contributed by atoms with Crippen molar-refractivity contribution in [2.24, 2.45) is 5.84 Å². The fourth-order valence-corrected chi connectivity index (χ4v) is 2.62. The van der Waals surface area contributed by atoms with Crippen LogP contribution in [0, 0.1) is 0 Å². The lowest BCUT2D eigenvalue weighted by Gasteiger charge is -2.19. The summed E-state index contributed by atoms with van der Waals surface area (Å²) in [5.41, 5.74) is -1.20. The van der Waals surface area contributed by atoms with Gasteiger partial charge in [-0.15, -0.1) is 0 Å². The molecule has 0 unspecified atom stereocenters. The molecule has 0 bridgehead atoms. The van der Waals surface area contributed by atoms with Crippen LogP contribution in [0.25, 0.3) is 0 Å². The molecule has 28 heavy (non-hydrogen) atoms. The first kappa shape index (κ1) is 19.1. The van der Waals surface area contributed by atoms with Gasteiger partial charge in [-0.2, -0.15) is 0 Å². The number of halogens is 1. The number of amides is 2. The third kappa shape index (κ3) is 4.17. The largest absolute Gasteiger partial charge is 0.326 e. The van der Waals surface area contributed by atoms with Crippen LogP contribution in [0.3, 0.4) is 0 Å². The number of carbonyl (C=O) groups excluding carboxylic acids is 2. The number of hydrazine groups is 1. The van der Waals surface area contributed by atoms with Gasteiger partial charge in [0.05, 0.1) is 16.9 Å². The summed E-state index contributed by atoms with van der Waals surface area (Å²) in [6.45, 7) is 0. The minimum atomic E-state index is -0.823. The first-order valence-electron chi connectivity index (χ1n) is 7.94. The van der Waals surface area contributed by atoms with Crippen molar-refractivity contribution >= 4 is 34.8 Å². The van der Waals surface area contributed by atoms with Crippen LogP contribution in [0.2, 0.25) is 5.02 Å². The topological polar surface area (TPSA) is 141 Å². The number of nitrogens with two attached hydrogens (primary N) is 1. The predicted octanol–water partition coefficient (Wildman–Crippen LogP) is 1.49. The number of hydrogen-bond donors (Lipinski definition) is 4. The summed E-state index contributed by atoms with van der Waals surface area (Å²) in [5.74, 6) is 4.54. The number of H-pyrrole nitrogens is 2. The van der Waals surface area contributed by atoms with Gasteiger partial charge >= 0.3 is 5.69 Å². The summed E-state index contributed by atoms with van der Waals surface area (Å²) in [4.78, 5) is 52.1. The fraction of sp³-hybridized carbons (Fsp3) is 0. The molecule has 2 aromatic carbocycles. The zero-order valence-electron chi connectivity index (χ0n) is 14.2. The average Bonchev–Trinajstić information content (AvgIpc) is 2.66. The van der Waals surface area contributed by atoms with Gasteiger partial charge in [-0.3, -0.25) is 19.4 Å². The number of para-hydroxylation sites is 1. The highest BCUT2D eigenvalue weighted by Crippen LogP contribution is 2.22. The highest BCUT2D eigenvalue weighted by atomic mass is 35.5.